The number of methoxy groups -OCH3 is 1. The quantitative estimate of drug-likeness (QED) is 0.834. The SMILES string of the molecule is COc1ccccc1CN(C)CCNC1CCC(C)CC1. The maximum absolute atomic E-state index is 5.41. The van der Waals surface area contributed by atoms with E-state index in [0.717, 1.165) is 37.3 Å². The van der Waals surface area contributed by atoms with Crippen molar-refractivity contribution >= 4 is 0 Å². The normalized spacial score (nSPS) is 22.5. The molecule has 0 aliphatic heterocycles. The lowest BCUT2D eigenvalue weighted by molar-refractivity contribution is 0.276. The van der Waals surface area contributed by atoms with Crippen LogP contribution in [-0.2, 0) is 6.54 Å². The van der Waals surface area contributed by atoms with Crippen LogP contribution in [0, 0.1) is 5.92 Å². The fourth-order valence-electron chi connectivity index (χ4n) is 3.13. The first-order valence-corrected chi connectivity index (χ1v) is 8.23. The van der Waals surface area contributed by atoms with E-state index in [1.165, 1.54) is 31.2 Å². The smallest absolute Gasteiger partial charge is 0.123 e. The van der Waals surface area contributed by atoms with Crippen LogP contribution in [0.2, 0.25) is 0 Å². The van der Waals surface area contributed by atoms with Gasteiger partial charge >= 0.3 is 0 Å². The van der Waals surface area contributed by atoms with Crippen LogP contribution in [0.15, 0.2) is 24.3 Å². The van der Waals surface area contributed by atoms with Crippen molar-refractivity contribution in [3.8, 4) is 5.75 Å². The average molecular weight is 290 g/mol. The summed E-state index contributed by atoms with van der Waals surface area (Å²) in [6.07, 6.45) is 5.46. The summed E-state index contributed by atoms with van der Waals surface area (Å²) in [5, 5.41) is 3.71. The molecule has 1 aliphatic rings. The second-order valence-electron chi connectivity index (χ2n) is 6.46. The zero-order valence-corrected chi connectivity index (χ0v) is 13.8. The first kappa shape index (κ1) is 16.3. The number of hydrogen-bond acceptors (Lipinski definition) is 3. The fourth-order valence-corrected chi connectivity index (χ4v) is 3.13. The third-order valence-corrected chi connectivity index (χ3v) is 4.58. The topological polar surface area (TPSA) is 24.5 Å². The molecule has 3 nitrogen and oxygen atoms in total. The molecule has 1 N–H and O–H groups in total. The lowest BCUT2D eigenvalue weighted by Crippen LogP contribution is -2.37. The van der Waals surface area contributed by atoms with Gasteiger partial charge in [0.15, 0.2) is 0 Å². The highest BCUT2D eigenvalue weighted by molar-refractivity contribution is 5.32. The molecule has 0 atom stereocenters. The maximum Gasteiger partial charge on any atom is 0.123 e. The third kappa shape index (κ3) is 5.33. The van der Waals surface area contributed by atoms with Gasteiger partial charge in [-0.15, -0.1) is 0 Å². The number of benzene rings is 1. The van der Waals surface area contributed by atoms with Gasteiger partial charge in [0.2, 0.25) is 0 Å². The van der Waals surface area contributed by atoms with Crippen LogP contribution in [0.1, 0.15) is 38.2 Å². The lowest BCUT2D eigenvalue weighted by Gasteiger charge is -2.28. The first-order valence-electron chi connectivity index (χ1n) is 8.23. The molecule has 21 heavy (non-hydrogen) atoms. The molecular weight excluding hydrogens is 260 g/mol. The van der Waals surface area contributed by atoms with Crippen LogP contribution in [0.3, 0.4) is 0 Å². The number of nitrogens with one attached hydrogen (secondary N) is 1. The number of hydrogen-bond donors (Lipinski definition) is 1. The van der Waals surface area contributed by atoms with Crippen LogP contribution in [-0.4, -0.2) is 38.2 Å². The number of nitrogens with zero attached hydrogens (tertiary/aromatic N) is 1. The van der Waals surface area contributed by atoms with Gasteiger partial charge in [-0.3, -0.25) is 0 Å². The lowest BCUT2D eigenvalue weighted by atomic mass is 9.87. The van der Waals surface area contributed by atoms with E-state index < -0.39 is 0 Å². The molecule has 3 heteroatoms. The van der Waals surface area contributed by atoms with Crippen LogP contribution >= 0.6 is 0 Å². The summed E-state index contributed by atoms with van der Waals surface area (Å²) in [6.45, 7) is 5.46. The standard InChI is InChI=1S/C18H30N2O/c1-15-8-10-17(11-9-15)19-12-13-20(2)14-16-6-4-5-7-18(16)21-3/h4-7,15,17,19H,8-14H2,1-3H3. The molecular formula is C18H30N2O. The zero-order valence-electron chi connectivity index (χ0n) is 13.8. The number of rotatable bonds is 7. The Kier molecular flexibility index (Phi) is 6.52. The summed E-state index contributed by atoms with van der Waals surface area (Å²) < 4.78 is 5.41. The van der Waals surface area contributed by atoms with Gasteiger partial charge in [-0.1, -0.05) is 25.1 Å². The largest absolute Gasteiger partial charge is 0.496 e. The van der Waals surface area contributed by atoms with Crippen molar-refractivity contribution in [2.75, 3.05) is 27.2 Å². The Labute approximate surface area is 129 Å². The van der Waals surface area contributed by atoms with Crippen molar-refractivity contribution in [3.05, 3.63) is 29.8 Å². The van der Waals surface area contributed by atoms with Gasteiger partial charge < -0.3 is 15.0 Å². The van der Waals surface area contributed by atoms with E-state index in [-0.39, 0.29) is 0 Å². The summed E-state index contributed by atoms with van der Waals surface area (Å²) >= 11 is 0. The number of para-hydroxylation sites is 1. The van der Waals surface area contributed by atoms with Crippen molar-refractivity contribution in [1.82, 2.24) is 10.2 Å². The van der Waals surface area contributed by atoms with Crippen molar-refractivity contribution in [1.29, 1.82) is 0 Å². The number of likely N-dealkylation sites (N-methyl/N-ethyl adjacent to an activating group) is 1. The Balaban J connectivity index is 1.69. The Morgan fingerprint density at radius 2 is 1.90 bits per heavy atom. The molecule has 0 aromatic heterocycles. The van der Waals surface area contributed by atoms with Crippen molar-refractivity contribution in [3.63, 3.8) is 0 Å². The molecule has 1 aliphatic carbocycles. The zero-order chi connectivity index (χ0) is 15.1. The summed E-state index contributed by atoms with van der Waals surface area (Å²) in [5.41, 5.74) is 1.26. The fraction of sp³-hybridized carbons (Fsp3) is 0.667. The minimum absolute atomic E-state index is 0.737. The molecule has 0 radical (unpaired) electrons. The molecule has 0 heterocycles. The highest BCUT2D eigenvalue weighted by atomic mass is 16.5. The van der Waals surface area contributed by atoms with Crippen LogP contribution < -0.4 is 10.1 Å². The minimum atomic E-state index is 0.737. The third-order valence-electron chi connectivity index (χ3n) is 4.58. The summed E-state index contributed by atoms with van der Waals surface area (Å²) in [7, 11) is 3.92. The second kappa shape index (κ2) is 8.40. The second-order valence-corrected chi connectivity index (χ2v) is 6.46. The van der Waals surface area contributed by atoms with E-state index in [0.29, 0.717) is 0 Å². The van der Waals surface area contributed by atoms with Crippen LogP contribution in [0.25, 0.3) is 0 Å². The molecule has 0 saturated heterocycles. The van der Waals surface area contributed by atoms with Crippen molar-refractivity contribution < 1.29 is 4.74 Å². The van der Waals surface area contributed by atoms with Gasteiger partial charge in [-0.2, -0.15) is 0 Å². The Morgan fingerprint density at radius 1 is 1.19 bits per heavy atom. The van der Waals surface area contributed by atoms with Crippen LogP contribution in [0.5, 0.6) is 5.75 Å². The number of ether oxygens (including phenoxy) is 1. The van der Waals surface area contributed by atoms with Gasteiger partial charge in [-0.05, 0) is 44.7 Å². The summed E-state index contributed by atoms with van der Waals surface area (Å²) in [4.78, 5) is 2.36. The molecule has 0 unspecified atom stereocenters. The predicted molar refractivity (Wildman–Crippen MR) is 88.8 cm³/mol. The average Bonchev–Trinajstić information content (AvgIpc) is 2.50. The molecule has 0 spiro atoms. The molecule has 1 fully saturated rings. The van der Waals surface area contributed by atoms with Gasteiger partial charge in [-0.25, -0.2) is 0 Å². The van der Waals surface area contributed by atoms with Gasteiger partial charge in [0.25, 0.3) is 0 Å². The predicted octanol–water partition coefficient (Wildman–Crippen LogP) is 3.30. The Hall–Kier alpha value is -1.06. The molecule has 0 bridgehead atoms. The van der Waals surface area contributed by atoms with Crippen LogP contribution in [0.4, 0.5) is 0 Å². The summed E-state index contributed by atoms with van der Waals surface area (Å²) in [6, 6.07) is 9.01. The monoisotopic (exact) mass is 290 g/mol. The molecule has 0 amide bonds. The highest BCUT2D eigenvalue weighted by Gasteiger charge is 2.17. The van der Waals surface area contributed by atoms with Crippen molar-refractivity contribution in [2.45, 2.75) is 45.2 Å². The first-order chi connectivity index (χ1) is 10.2. The molecule has 2 rings (SSSR count). The van der Waals surface area contributed by atoms with E-state index >= 15 is 0 Å². The van der Waals surface area contributed by atoms with Gasteiger partial charge in [0.1, 0.15) is 5.75 Å². The maximum atomic E-state index is 5.41. The molecule has 118 valence electrons. The molecule has 1 aromatic rings. The highest BCUT2D eigenvalue weighted by Crippen LogP contribution is 2.23. The van der Waals surface area contributed by atoms with Gasteiger partial charge in [0, 0.05) is 31.2 Å². The van der Waals surface area contributed by atoms with Crippen molar-refractivity contribution in [2.24, 2.45) is 5.92 Å². The Morgan fingerprint density at radius 3 is 2.62 bits per heavy atom. The van der Waals surface area contributed by atoms with E-state index in [1.807, 2.05) is 12.1 Å². The van der Waals surface area contributed by atoms with E-state index in [2.05, 4.69) is 36.3 Å². The summed E-state index contributed by atoms with van der Waals surface area (Å²) in [5.74, 6) is 1.91. The van der Waals surface area contributed by atoms with E-state index in [4.69, 9.17) is 4.74 Å². The van der Waals surface area contributed by atoms with E-state index in [9.17, 15) is 0 Å². The van der Waals surface area contributed by atoms with Gasteiger partial charge in [0.05, 0.1) is 7.11 Å². The Bertz CT molecular complexity index is 413. The molecule has 1 aromatic carbocycles. The minimum Gasteiger partial charge on any atom is -0.496 e. The van der Waals surface area contributed by atoms with E-state index in [1.54, 1.807) is 7.11 Å². The molecule has 1 saturated carbocycles.